The lowest BCUT2D eigenvalue weighted by atomic mass is 10.0. The van der Waals surface area contributed by atoms with Crippen molar-refractivity contribution < 1.29 is 0 Å². The van der Waals surface area contributed by atoms with Crippen LogP contribution in [0.4, 0.5) is 0 Å². The molecule has 0 fully saturated rings. The van der Waals surface area contributed by atoms with Crippen LogP contribution in [0.3, 0.4) is 0 Å². The van der Waals surface area contributed by atoms with Crippen LogP contribution < -0.4 is 0 Å². The SMILES string of the molecule is C=C(CBr)C(C)CC. The van der Waals surface area contributed by atoms with E-state index in [0.717, 1.165) is 5.33 Å². The van der Waals surface area contributed by atoms with E-state index in [1.807, 2.05) is 0 Å². The molecule has 0 amide bonds. The molecule has 0 spiro atoms. The number of halogens is 1. The van der Waals surface area contributed by atoms with Crippen molar-refractivity contribution in [3.05, 3.63) is 12.2 Å². The van der Waals surface area contributed by atoms with Crippen LogP contribution >= 0.6 is 15.9 Å². The highest BCUT2D eigenvalue weighted by Crippen LogP contribution is 2.13. The van der Waals surface area contributed by atoms with Gasteiger partial charge in [0.1, 0.15) is 0 Å². The molecule has 1 unspecified atom stereocenters. The first-order valence-electron chi connectivity index (χ1n) is 2.96. The molecule has 0 aromatic heterocycles. The summed E-state index contributed by atoms with van der Waals surface area (Å²) >= 11 is 3.36. The van der Waals surface area contributed by atoms with E-state index in [1.54, 1.807) is 0 Å². The maximum atomic E-state index is 3.90. The maximum Gasteiger partial charge on any atom is 0.0241 e. The molecule has 0 aliphatic heterocycles. The Bertz CT molecular complexity index is 76.5. The van der Waals surface area contributed by atoms with Crippen molar-refractivity contribution in [3.8, 4) is 0 Å². The van der Waals surface area contributed by atoms with Crippen molar-refractivity contribution >= 4 is 15.9 Å². The van der Waals surface area contributed by atoms with Gasteiger partial charge in [0.2, 0.25) is 0 Å². The van der Waals surface area contributed by atoms with Crippen molar-refractivity contribution in [3.63, 3.8) is 0 Å². The van der Waals surface area contributed by atoms with Crippen LogP contribution in [-0.4, -0.2) is 5.33 Å². The van der Waals surface area contributed by atoms with E-state index in [-0.39, 0.29) is 0 Å². The van der Waals surface area contributed by atoms with Crippen LogP contribution in [0.2, 0.25) is 0 Å². The number of hydrogen-bond acceptors (Lipinski definition) is 0. The molecule has 0 bridgehead atoms. The van der Waals surface area contributed by atoms with E-state index in [0.29, 0.717) is 5.92 Å². The standard InChI is InChI=1S/C7H13Br/c1-4-6(2)7(3)5-8/h6H,3-5H2,1-2H3. The largest absolute Gasteiger partial charge is 0.0987 e. The first kappa shape index (κ1) is 8.22. The molecule has 0 saturated carbocycles. The molecule has 0 saturated heterocycles. The summed E-state index contributed by atoms with van der Waals surface area (Å²) in [5.41, 5.74) is 1.30. The van der Waals surface area contributed by atoms with Gasteiger partial charge in [-0.15, -0.1) is 0 Å². The van der Waals surface area contributed by atoms with Crippen LogP contribution in [0.1, 0.15) is 20.3 Å². The molecule has 8 heavy (non-hydrogen) atoms. The lowest BCUT2D eigenvalue weighted by Crippen LogP contribution is -1.95. The molecule has 1 heteroatoms. The minimum Gasteiger partial charge on any atom is -0.0987 e. The average molecular weight is 177 g/mol. The second-order valence-corrected chi connectivity index (χ2v) is 2.66. The highest BCUT2D eigenvalue weighted by molar-refractivity contribution is 9.09. The normalized spacial score (nSPS) is 13.4. The summed E-state index contributed by atoms with van der Waals surface area (Å²) in [4.78, 5) is 0. The number of alkyl halides is 1. The molecule has 48 valence electrons. The molecule has 0 aliphatic rings. The fourth-order valence-corrected chi connectivity index (χ4v) is 0.973. The van der Waals surface area contributed by atoms with Crippen molar-refractivity contribution in [2.24, 2.45) is 5.92 Å². The Hall–Kier alpha value is 0.220. The van der Waals surface area contributed by atoms with Gasteiger partial charge in [0.05, 0.1) is 0 Å². The summed E-state index contributed by atoms with van der Waals surface area (Å²) in [6.07, 6.45) is 1.20. The van der Waals surface area contributed by atoms with E-state index in [1.165, 1.54) is 12.0 Å². The van der Waals surface area contributed by atoms with Crippen LogP contribution in [0.15, 0.2) is 12.2 Å². The quantitative estimate of drug-likeness (QED) is 0.459. The smallest absolute Gasteiger partial charge is 0.0241 e. The van der Waals surface area contributed by atoms with Gasteiger partial charge in [-0.2, -0.15) is 0 Å². The molecule has 0 aromatic rings. The molecular weight excluding hydrogens is 164 g/mol. The predicted octanol–water partition coefficient (Wildman–Crippen LogP) is 2.98. The van der Waals surface area contributed by atoms with Crippen LogP contribution in [0, 0.1) is 5.92 Å². The minimum absolute atomic E-state index is 0.675. The molecule has 0 aromatic carbocycles. The van der Waals surface area contributed by atoms with Gasteiger partial charge in [-0.05, 0) is 12.3 Å². The van der Waals surface area contributed by atoms with Crippen molar-refractivity contribution in [2.75, 3.05) is 5.33 Å². The molecule has 0 aliphatic carbocycles. The molecule has 0 rings (SSSR count). The topological polar surface area (TPSA) is 0 Å². The lowest BCUT2D eigenvalue weighted by Gasteiger charge is -2.07. The minimum atomic E-state index is 0.675. The van der Waals surface area contributed by atoms with E-state index in [9.17, 15) is 0 Å². The predicted molar refractivity (Wildman–Crippen MR) is 42.4 cm³/mol. The highest BCUT2D eigenvalue weighted by Gasteiger charge is 1.99. The fourth-order valence-electron chi connectivity index (χ4n) is 0.420. The summed E-state index contributed by atoms with van der Waals surface area (Å²) < 4.78 is 0. The van der Waals surface area contributed by atoms with Crippen molar-refractivity contribution in [1.29, 1.82) is 0 Å². The molecule has 0 N–H and O–H groups in total. The average Bonchev–Trinajstić information content (AvgIpc) is 1.84. The number of hydrogen-bond donors (Lipinski definition) is 0. The second-order valence-electron chi connectivity index (χ2n) is 2.10. The first-order chi connectivity index (χ1) is 3.72. The number of rotatable bonds is 3. The fraction of sp³-hybridized carbons (Fsp3) is 0.714. The monoisotopic (exact) mass is 176 g/mol. The van der Waals surface area contributed by atoms with Gasteiger partial charge in [-0.1, -0.05) is 41.9 Å². The van der Waals surface area contributed by atoms with Gasteiger partial charge in [-0.25, -0.2) is 0 Å². The van der Waals surface area contributed by atoms with Gasteiger partial charge in [-0.3, -0.25) is 0 Å². The van der Waals surface area contributed by atoms with Crippen molar-refractivity contribution in [2.45, 2.75) is 20.3 Å². The Kier molecular flexibility index (Phi) is 4.25. The zero-order valence-corrected chi connectivity index (χ0v) is 7.16. The first-order valence-corrected chi connectivity index (χ1v) is 4.08. The highest BCUT2D eigenvalue weighted by atomic mass is 79.9. The van der Waals surface area contributed by atoms with Crippen LogP contribution in [0.25, 0.3) is 0 Å². The Morgan fingerprint density at radius 3 is 2.38 bits per heavy atom. The Morgan fingerprint density at radius 2 is 2.25 bits per heavy atom. The summed E-state index contributed by atoms with van der Waals surface area (Å²) in [7, 11) is 0. The Morgan fingerprint density at radius 1 is 1.75 bits per heavy atom. The van der Waals surface area contributed by atoms with Crippen LogP contribution in [0.5, 0.6) is 0 Å². The van der Waals surface area contributed by atoms with Gasteiger partial charge < -0.3 is 0 Å². The zero-order chi connectivity index (χ0) is 6.57. The third kappa shape index (κ3) is 2.51. The van der Waals surface area contributed by atoms with E-state index in [4.69, 9.17) is 0 Å². The summed E-state index contributed by atoms with van der Waals surface area (Å²) in [5.74, 6) is 0.675. The van der Waals surface area contributed by atoms with Crippen molar-refractivity contribution in [1.82, 2.24) is 0 Å². The van der Waals surface area contributed by atoms with Crippen LogP contribution in [-0.2, 0) is 0 Å². The summed E-state index contributed by atoms with van der Waals surface area (Å²) in [6.45, 7) is 8.27. The molecule has 0 radical (unpaired) electrons. The second kappa shape index (κ2) is 4.13. The Labute approximate surface area is 60.1 Å². The maximum absolute atomic E-state index is 3.90. The number of allylic oxidation sites excluding steroid dienone is 1. The van der Waals surface area contributed by atoms with Gasteiger partial charge >= 0.3 is 0 Å². The molecule has 1 atom stereocenters. The lowest BCUT2D eigenvalue weighted by molar-refractivity contribution is 0.661. The van der Waals surface area contributed by atoms with E-state index in [2.05, 4.69) is 36.4 Å². The zero-order valence-electron chi connectivity index (χ0n) is 5.58. The van der Waals surface area contributed by atoms with Gasteiger partial charge in [0.15, 0.2) is 0 Å². The molecule has 0 nitrogen and oxygen atoms in total. The Balaban J connectivity index is 3.46. The van der Waals surface area contributed by atoms with Gasteiger partial charge in [0, 0.05) is 5.33 Å². The molecular formula is C7H13Br. The summed E-state index contributed by atoms with van der Waals surface area (Å²) in [6, 6.07) is 0. The third-order valence-electron chi connectivity index (χ3n) is 1.48. The molecule has 0 heterocycles. The third-order valence-corrected chi connectivity index (χ3v) is 2.20. The van der Waals surface area contributed by atoms with E-state index < -0.39 is 0 Å². The van der Waals surface area contributed by atoms with E-state index >= 15 is 0 Å². The summed E-state index contributed by atoms with van der Waals surface area (Å²) in [5, 5.41) is 0.946. The van der Waals surface area contributed by atoms with Gasteiger partial charge in [0.25, 0.3) is 0 Å².